The average molecular weight is 469 g/mol. The third-order valence-corrected chi connectivity index (χ3v) is 3.02. The summed E-state index contributed by atoms with van der Waals surface area (Å²) < 4.78 is 114. The monoisotopic (exact) mass is 468 g/mol. The molecule has 2 rings (SSSR count). The van der Waals surface area contributed by atoms with E-state index >= 15 is 0 Å². The lowest BCUT2D eigenvalue weighted by Gasteiger charge is -2.22. The van der Waals surface area contributed by atoms with Gasteiger partial charge < -0.3 is 19.5 Å². The van der Waals surface area contributed by atoms with Gasteiger partial charge in [0.2, 0.25) is 5.95 Å². The normalized spacial score (nSPS) is 12.6. The molecular formula is C14H9ClF8N4O3. The molecule has 0 unspecified atom stereocenters. The molecule has 0 bridgehead atoms. The van der Waals surface area contributed by atoms with Crippen LogP contribution in [0.25, 0.3) is 0 Å². The fraction of sp³-hybridized carbons (Fsp3) is 0.357. The molecule has 1 aromatic carbocycles. The van der Waals surface area contributed by atoms with Crippen molar-refractivity contribution in [2.24, 2.45) is 0 Å². The number of ether oxygens (including phenoxy) is 3. The number of hydrogen-bond donors (Lipinski definition) is 1. The van der Waals surface area contributed by atoms with Crippen molar-refractivity contribution in [1.29, 1.82) is 0 Å². The lowest BCUT2D eigenvalue weighted by molar-refractivity contribution is -0.301. The second-order valence-corrected chi connectivity index (χ2v) is 5.65. The highest BCUT2D eigenvalue weighted by Crippen LogP contribution is 2.36. The molecular weight excluding hydrogens is 460 g/mol. The molecule has 0 spiro atoms. The first-order valence-electron chi connectivity index (χ1n) is 7.40. The number of aromatic nitrogens is 3. The van der Waals surface area contributed by atoms with Gasteiger partial charge >= 0.3 is 29.9 Å². The lowest BCUT2D eigenvalue weighted by Crippen LogP contribution is -2.46. The van der Waals surface area contributed by atoms with Crippen LogP contribution in [-0.2, 0) is 0 Å². The Hall–Kier alpha value is -2.84. The SMILES string of the molecule is COc1nc(Nc2ccc(OC(F)(F)Cl)cc2)nc(OC(C(F)(F)F)C(F)(F)F)n1. The van der Waals surface area contributed by atoms with Crippen molar-refractivity contribution in [2.75, 3.05) is 12.4 Å². The van der Waals surface area contributed by atoms with Crippen LogP contribution in [0.4, 0.5) is 46.8 Å². The predicted molar refractivity (Wildman–Crippen MR) is 84.1 cm³/mol. The first kappa shape index (κ1) is 23.4. The number of rotatable bonds is 7. The minimum atomic E-state index is -5.80. The van der Waals surface area contributed by atoms with Crippen molar-refractivity contribution in [3.63, 3.8) is 0 Å². The van der Waals surface area contributed by atoms with E-state index in [9.17, 15) is 35.1 Å². The number of anilines is 2. The van der Waals surface area contributed by atoms with Gasteiger partial charge in [-0.25, -0.2) is 0 Å². The smallest absolute Gasteiger partial charge is 0.467 e. The van der Waals surface area contributed by atoms with Crippen LogP contribution in [0, 0.1) is 0 Å². The maximum atomic E-state index is 12.6. The van der Waals surface area contributed by atoms with Gasteiger partial charge in [0.05, 0.1) is 7.11 Å². The fourth-order valence-electron chi connectivity index (χ4n) is 1.83. The standard InChI is InChI=1S/C14H9ClF8N4O3/c1-28-10-25-9(24-6-2-4-7(5-3-6)30-14(15,22)23)26-11(27-10)29-8(12(16,17)18)13(19,20)21/h2-5,8H,1H3,(H,24,25,26,27). The Kier molecular flexibility index (Phi) is 6.63. The Morgan fingerprint density at radius 2 is 1.40 bits per heavy atom. The van der Waals surface area contributed by atoms with Crippen molar-refractivity contribution in [3.05, 3.63) is 24.3 Å². The van der Waals surface area contributed by atoms with Gasteiger partial charge in [0.15, 0.2) is 0 Å². The van der Waals surface area contributed by atoms with Gasteiger partial charge in [-0.1, -0.05) is 0 Å². The van der Waals surface area contributed by atoms with Gasteiger partial charge in [-0.2, -0.15) is 36.3 Å². The molecule has 16 heteroatoms. The largest absolute Gasteiger partial charge is 0.487 e. The maximum absolute atomic E-state index is 12.6. The first-order chi connectivity index (χ1) is 13.7. The summed E-state index contributed by atoms with van der Waals surface area (Å²) in [6.07, 6.45) is -15.8. The van der Waals surface area contributed by atoms with E-state index in [1.807, 2.05) is 0 Å². The first-order valence-corrected chi connectivity index (χ1v) is 7.78. The number of nitrogens with one attached hydrogen (secondary N) is 1. The fourth-order valence-corrected chi connectivity index (χ4v) is 1.92. The molecule has 0 aliphatic carbocycles. The Morgan fingerprint density at radius 1 is 0.867 bits per heavy atom. The summed E-state index contributed by atoms with van der Waals surface area (Å²) in [7, 11) is 0.992. The molecule has 0 radical (unpaired) electrons. The predicted octanol–water partition coefficient (Wildman–Crippen LogP) is 4.66. The van der Waals surface area contributed by atoms with Gasteiger partial charge in [0, 0.05) is 17.3 Å². The summed E-state index contributed by atoms with van der Waals surface area (Å²) >= 11 is 4.61. The summed E-state index contributed by atoms with van der Waals surface area (Å²) in [5.41, 5.74) is -3.88. The van der Waals surface area contributed by atoms with Crippen LogP contribution in [0.1, 0.15) is 0 Å². The molecule has 1 aromatic heterocycles. The van der Waals surface area contributed by atoms with E-state index in [0.29, 0.717) is 0 Å². The molecule has 0 fully saturated rings. The molecule has 166 valence electrons. The molecule has 0 amide bonds. The van der Waals surface area contributed by atoms with E-state index in [0.717, 1.165) is 31.4 Å². The number of halogens is 9. The molecule has 1 N–H and O–H groups in total. The molecule has 0 saturated carbocycles. The van der Waals surface area contributed by atoms with E-state index in [-0.39, 0.29) is 11.4 Å². The van der Waals surface area contributed by atoms with Crippen LogP contribution in [0.2, 0.25) is 0 Å². The molecule has 7 nitrogen and oxygen atoms in total. The van der Waals surface area contributed by atoms with Gasteiger partial charge in [-0.15, -0.1) is 13.8 Å². The summed E-state index contributed by atoms with van der Waals surface area (Å²) in [6.45, 7) is 0. The summed E-state index contributed by atoms with van der Waals surface area (Å²) in [5.74, 6) is -0.896. The van der Waals surface area contributed by atoms with Crippen LogP contribution >= 0.6 is 11.6 Å². The highest BCUT2D eigenvalue weighted by atomic mass is 35.5. The summed E-state index contributed by atoms with van der Waals surface area (Å²) in [6, 6.07) is 2.40. The Bertz CT molecular complexity index is 844. The minimum Gasteiger partial charge on any atom is -0.467 e. The number of methoxy groups -OCH3 is 1. The zero-order valence-electron chi connectivity index (χ0n) is 14.4. The third kappa shape index (κ3) is 6.89. The van der Waals surface area contributed by atoms with Crippen molar-refractivity contribution < 1.29 is 49.3 Å². The average Bonchev–Trinajstić information content (AvgIpc) is 2.58. The molecule has 2 aromatic rings. The quantitative estimate of drug-likeness (QED) is 0.467. The van der Waals surface area contributed by atoms with Crippen molar-refractivity contribution in [2.45, 2.75) is 24.0 Å². The van der Waals surface area contributed by atoms with E-state index in [2.05, 4.69) is 46.1 Å². The number of benzene rings is 1. The lowest BCUT2D eigenvalue weighted by atomic mass is 10.3. The number of nitrogens with zero attached hydrogens (tertiary/aromatic N) is 3. The zero-order valence-corrected chi connectivity index (χ0v) is 15.1. The van der Waals surface area contributed by atoms with Crippen LogP contribution < -0.4 is 19.5 Å². The van der Waals surface area contributed by atoms with Crippen molar-refractivity contribution in [1.82, 2.24) is 15.0 Å². The van der Waals surface area contributed by atoms with E-state index in [1.165, 1.54) is 0 Å². The summed E-state index contributed by atoms with van der Waals surface area (Å²) in [4.78, 5) is 10.1. The minimum absolute atomic E-state index is 0.0858. The topological polar surface area (TPSA) is 78.4 Å². The molecule has 0 saturated heterocycles. The van der Waals surface area contributed by atoms with E-state index in [4.69, 9.17) is 0 Å². The Balaban J connectivity index is 2.26. The second kappa shape index (κ2) is 8.49. The van der Waals surface area contributed by atoms with Crippen LogP contribution in [0.5, 0.6) is 17.8 Å². The van der Waals surface area contributed by atoms with E-state index in [1.54, 1.807) is 0 Å². The Morgan fingerprint density at radius 3 is 1.87 bits per heavy atom. The zero-order chi connectivity index (χ0) is 22.7. The van der Waals surface area contributed by atoms with Crippen molar-refractivity contribution in [3.8, 4) is 17.8 Å². The molecule has 0 atom stereocenters. The van der Waals surface area contributed by atoms with Gasteiger partial charge in [-0.3, -0.25) is 0 Å². The Labute approximate surface area is 166 Å². The third-order valence-electron chi connectivity index (χ3n) is 2.94. The van der Waals surface area contributed by atoms with Crippen LogP contribution in [-0.4, -0.2) is 46.1 Å². The molecule has 0 aliphatic heterocycles. The number of alkyl halides is 9. The van der Waals surface area contributed by atoms with Crippen LogP contribution in [0.15, 0.2) is 24.3 Å². The molecule has 0 aliphatic rings. The van der Waals surface area contributed by atoms with Gasteiger partial charge in [0.25, 0.3) is 6.10 Å². The van der Waals surface area contributed by atoms with Gasteiger partial charge in [0.1, 0.15) is 5.75 Å². The summed E-state index contributed by atoms with van der Waals surface area (Å²) in [5, 5.41) is 2.40. The maximum Gasteiger partial charge on any atom is 0.487 e. The number of hydrogen-bond acceptors (Lipinski definition) is 7. The van der Waals surface area contributed by atoms with Gasteiger partial charge in [-0.05, 0) is 24.3 Å². The molecule has 30 heavy (non-hydrogen) atoms. The van der Waals surface area contributed by atoms with Crippen LogP contribution in [0.3, 0.4) is 0 Å². The highest BCUT2D eigenvalue weighted by Gasteiger charge is 2.59. The van der Waals surface area contributed by atoms with Crippen molar-refractivity contribution >= 4 is 23.2 Å². The van der Waals surface area contributed by atoms with E-state index < -0.39 is 42.0 Å². The highest BCUT2D eigenvalue weighted by molar-refractivity contribution is 6.20. The second-order valence-electron chi connectivity index (χ2n) is 5.21. The molecule has 1 heterocycles.